The van der Waals surface area contributed by atoms with Crippen LogP contribution in [0.15, 0.2) is 24.3 Å². The van der Waals surface area contributed by atoms with Crippen LogP contribution in [0.4, 0.5) is 0 Å². The maximum Gasteiger partial charge on any atom is 0.242 e. The van der Waals surface area contributed by atoms with Gasteiger partial charge in [-0.3, -0.25) is 9.59 Å². The third-order valence-corrected chi connectivity index (χ3v) is 7.06. The summed E-state index contributed by atoms with van der Waals surface area (Å²) in [7, 11) is -3.22. The van der Waals surface area contributed by atoms with Crippen LogP contribution < -0.4 is 16.4 Å². The van der Waals surface area contributed by atoms with Gasteiger partial charge in [-0.05, 0) is 49.3 Å². The highest BCUT2D eigenvalue weighted by Gasteiger charge is 2.31. The molecule has 2 rings (SSSR count). The van der Waals surface area contributed by atoms with Gasteiger partial charge in [0, 0.05) is 23.2 Å². The minimum absolute atomic E-state index is 0.0140. The van der Waals surface area contributed by atoms with Crippen molar-refractivity contribution >= 4 is 33.3 Å². The topological polar surface area (TPSA) is 118 Å². The lowest BCUT2D eigenvalue weighted by Gasteiger charge is -2.34. The van der Waals surface area contributed by atoms with E-state index >= 15 is 0 Å². The summed E-state index contributed by atoms with van der Waals surface area (Å²) in [5, 5.41) is 6.58. The van der Waals surface area contributed by atoms with Crippen LogP contribution >= 0.6 is 11.6 Å². The Morgan fingerprint density at radius 1 is 1.19 bits per heavy atom. The van der Waals surface area contributed by atoms with E-state index in [2.05, 4.69) is 10.6 Å². The summed E-state index contributed by atoms with van der Waals surface area (Å²) in [6.07, 6.45) is 5.52. The maximum atomic E-state index is 13.2. The van der Waals surface area contributed by atoms with Crippen LogP contribution in [0.25, 0.3) is 0 Å². The molecule has 0 saturated heterocycles. The number of benzene rings is 1. The summed E-state index contributed by atoms with van der Waals surface area (Å²) in [5.74, 6) is -0.579. The lowest BCUT2D eigenvalue weighted by Crippen LogP contribution is -2.54. The fourth-order valence-corrected chi connectivity index (χ4v) is 5.06. The number of amides is 2. The lowest BCUT2D eigenvalue weighted by molar-refractivity contribution is -0.130. The Morgan fingerprint density at radius 3 is 2.50 bits per heavy atom. The molecule has 0 unspecified atom stereocenters. The summed E-state index contributed by atoms with van der Waals surface area (Å²) < 4.78 is 22.7. The molecule has 1 aromatic rings. The molecule has 4 N–H and O–H groups in total. The van der Waals surface area contributed by atoms with E-state index in [1.165, 1.54) is 0 Å². The van der Waals surface area contributed by atoms with Gasteiger partial charge in [0.05, 0.1) is 11.8 Å². The molecule has 0 aromatic heterocycles. The molecule has 1 fully saturated rings. The minimum atomic E-state index is -3.22. The highest BCUT2D eigenvalue weighted by atomic mass is 35.5. The third kappa shape index (κ3) is 8.71. The Morgan fingerprint density at radius 2 is 1.88 bits per heavy atom. The molecule has 2 amide bonds. The van der Waals surface area contributed by atoms with E-state index in [4.69, 9.17) is 17.3 Å². The van der Waals surface area contributed by atoms with Gasteiger partial charge in [0.25, 0.3) is 0 Å². The summed E-state index contributed by atoms with van der Waals surface area (Å²) in [6, 6.07) is 5.99. The summed E-state index contributed by atoms with van der Waals surface area (Å²) in [5.41, 5.74) is 6.99. The number of hydrogen-bond acceptors (Lipinski definition) is 5. The first-order valence-electron chi connectivity index (χ1n) is 11.3. The van der Waals surface area contributed by atoms with Crippen molar-refractivity contribution in [1.29, 1.82) is 0 Å². The minimum Gasteiger partial charge on any atom is -0.351 e. The molecule has 1 saturated carbocycles. The third-order valence-electron chi connectivity index (χ3n) is 5.85. The molecule has 1 aliphatic rings. The smallest absolute Gasteiger partial charge is 0.242 e. The van der Waals surface area contributed by atoms with Crippen LogP contribution in [0.1, 0.15) is 63.9 Å². The predicted octanol–water partition coefficient (Wildman–Crippen LogP) is 2.78. The number of nitrogens with one attached hydrogen (secondary N) is 2. The molecule has 7 nitrogen and oxygen atoms in total. The van der Waals surface area contributed by atoms with E-state index < -0.39 is 27.8 Å². The van der Waals surface area contributed by atoms with Gasteiger partial charge < -0.3 is 16.4 Å². The Labute approximate surface area is 196 Å². The second-order valence-electron chi connectivity index (χ2n) is 9.28. The van der Waals surface area contributed by atoms with E-state index in [1.807, 2.05) is 38.1 Å². The van der Waals surface area contributed by atoms with Crippen molar-refractivity contribution in [2.24, 2.45) is 11.7 Å². The molecule has 0 bridgehead atoms. The van der Waals surface area contributed by atoms with Gasteiger partial charge in [-0.15, -0.1) is 0 Å². The number of halogens is 1. The number of sulfone groups is 1. The van der Waals surface area contributed by atoms with E-state index in [0.717, 1.165) is 37.5 Å². The normalized spacial score (nSPS) is 21.1. The van der Waals surface area contributed by atoms with Gasteiger partial charge in [0.2, 0.25) is 11.8 Å². The van der Waals surface area contributed by atoms with Gasteiger partial charge in [0.15, 0.2) is 0 Å². The molecule has 0 aliphatic heterocycles. The summed E-state index contributed by atoms with van der Waals surface area (Å²) in [4.78, 5) is 25.7. The van der Waals surface area contributed by atoms with Crippen molar-refractivity contribution in [3.05, 3.63) is 34.9 Å². The average molecular weight is 486 g/mol. The van der Waals surface area contributed by atoms with Gasteiger partial charge in [-0.1, -0.05) is 50.4 Å². The highest BCUT2D eigenvalue weighted by Crippen LogP contribution is 2.34. The molecule has 9 heteroatoms. The number of nitrogens with two attached hydrogens (primary N) is 1. The molecule has 180 valence electrons. The molecular weight excluding hydrogens is 450 g/mol. The van der Waals surface area contributed by atoms with Gasteiger partial charge >= 0.3 is 0 Å². The zero-order chi connectivity index (χ0) is 23.9. The van der Waals surface area contributed by atoms with E-state index in [-0.39, 0.29) is 36.0 Å². The van der Waals surface area contributed by atoms with Crippen molar-refractivity contribution in [1.82, 2.24) is 10.6 Å². The van der Waals surface area contributed by atoms with Crippen LogP contribution in [-0.2, 0) is 19.4 Å². The van der Waals surface area contributed by atoms with E-state index in [9.17, 15) is 18.0 Å². The van der Waals surface area contributed by atoms with Crippen molar-refractivity contribution in [3.8, 4) is 0 Å². The largest absolute Gasteiger partial charge is 0.351 e. The zero-order valence-electron chi connectivity index (χ0n) is 19.1. The molecule has 1 aliphatic carbocycles. The Balaban J connectivity index is 2.08. The van der Waals surface area contributed by atoms with Gasteiger partial charge in [-0.2, -0.15) is 0 Å². The lowest BCUT2D eigenvalue weighted by atomic mass is 9.80. The Hall–Kier alpha value is -1.64. The Kier molecular flexibility index (Phi) is 9.98. The van der Waals surface area contributed by atoms with Crippen molar-refractivity contribution < 1.29 is 18.0 Å². The fraction of sp³-hybridized carbons (Fsp3) is 0.652. The van der Waals surface area contributed by atoms with Crippen LogP contribution in [0.3, 0.4) is 0 Å². The van der Waals surface area contributed by atoms with Gasteiger partial charge in [-0.25, -0.2) is 8.42 Å². The highest BCUT2D eigenvalue weighted by molar-refractivity contribution is 7.90. The van der Waals surface area contributed by atoms with E-state index in [1.54, 1.807) is 0 Å². The first kappa shape index (κ1) is 26.6. The monoisotopic (exact) mass is 485 g/mol. The molecule has 32 heavy (non-hydrogen) atoms. The van der Waals surface area contributed by atoms with Crippen LogP contribution in [0.2, 0.25) is 5.02 Å². The zero-order valence-corrected chi connectivity index (χ0v) is 20.7. The van der Waals surface area contributed by atoms with Gasteiger partial charge in [0.1, 0.15) is 15.9 Å². The number of hydrogen-bond donors (Lipinski definition) is 3. The average Bonchev–Trinajstić information content (AvgIpc) is 2.71. The first-order valence-corrected chi connectivity index (χ1v) is 13.7. The van der Waals surface area contributed by atoms with Crippen LogP contribution in [-0.4, -0.2) is 50.4 Å². The first-order chi connectivity index (χ1) is 15.0. The molecule has 0 heterocycles. The summed E-state index contributed by atoms with van der Waals surface area (Å²) in [6.45, 7) is 3.96. The SMILES string of the molecule is CC(C)C[C@H](NC(=O)[C@@H](N)CCS(C)(=O)=O)C(=O)N[C@@H]1CCCC[C@H]1c1cccc(Cl)c1. The van der Waals surface area contributed by atoms with Crippen molar-refractivity contribution in [3.63, 3.8) is 0 Å². The molecule has 4 atom stereocenters. The number of carbonyl (C=O) groups is 2. The number of carbonyl (C=O) groups excluding carboxylic acids is 2. The van der Waals surface area contributed by atoms with Crippen molar-refractivity contribution in [2.45, 2.75) is 76.4 Å². The van der Waals surface area contributed by atoms with E-state index in [0.29, 0.717) is 11.4 Å². The van der Waals surface area contributed by atoms with Crippen LogP contribution in [0.5, 0.6) is 0 Å². The molecular formula is C23H36ClN3O4S. The molecule has 1 aromatic carbocycles. The second kappa shape index (κ2) is 12.0. The quantitative estimate of drug-likeness (QED) is 0.471. The molecule has 0 spiro atoms. The molecule has 0 radical (unpaired) electrons. The maximum absolute atomic E-state index is 13.2. The predicted molar refractivity (Wildman–Crippen MR) is 128 cm³/mol. The second-order valence-corrected chi connectivity index (χ2v) is 12.0. The van der Waals surface area contributed by atoms with Crippen LogP contribution in [0, 0.1) is 5.92 Å². The summed E-state index contributed by atoms with van der Waals surface area (Å²) >= 11 is 6.18. The standard InChI is InChI=1S/C23H36ClN3O4S/c1-15(2)13-21(27-22(28)19(25)11-12-32(3,30)31)23(29)26-20-10-5-4-9-18(20)16-7-6-8-17(24)14-16/h6-8,14-15,18-21H,4-5,9-13,25H2,1-3H3,(H,26,29)(H,27,28)/t18-,19-,20+,21-/m0/s1. The number of rotatable bonds is 10. The fourth-order valence-electron chi connectivity index (χ4n) is 4.18. The van der Waals surface area contributed by atoms with Crippen molar-refractivity contribution in [2.75, 3.05) is 12.0 Å². The Bertz CT molecular complexity index is 891.